The quantitative estimate of drug-likeness (QED) is 0.882. The van der Waals surface area contributed by atoms with E-state index >= 15 is 0 Å². The summed E-state index contributed by atoms with van der Waals surface area (Å²) < 4.78 is 13.7. The maximum absolute atomic E-state index is 13.7. The van der Waals surface area contributed by atoms with E-state index in [1.54, 1.807) is 19.1 Å². The summed E-state index contributed by atoms with van der Waals surface area (Å²) in [6.45, 7) is 3.81. The van der Waals surface area contributed by atoms with Crippen molar-refractivity contribution in [2.75, 3.05) is 0 Å². The van der Waals surface area contributed by atoms with Gasteiger partial charge in [-0.2, -0.15) is 0 Å². The molecule has 2 aromatic rings. The Morgan fingerprint density at radius 3 is 2.37 bits per heavy atom. The molecule has 0 amide bonds. The fourth-order valence-electron chi connectivity index (χ4n) is 2.29. The summed E-state index contributed by atoms with van der Waals surface area (Å²) in [5.41, 5.74) is 8.68. The summed E-state index contributed by atoms with van der Waals surface area (Å²) in [4.78, 5) is 0. The molecule has 2 heteroatoms. The first kappa shape index (κ1) is 13.8. The Morgan fingerprint density at radius 2 is 1.79 bits per heavy atom. The van der Waals surface area contributed by atoms with Crippen molar-refractivity contribution >= 4 is 0 Å². The summed E-state index contributed by atoms with van der Waals surface area (Å²) >= 11 is 0. The molecule has 0 aliphatic carbocycles. The first-order valence-corrected chi connectivity index (χ1v) is 6.64. The molecular formula is C17H20FN. The van der Waals surface area contributed by atoms with Crippen molar-refractivity contribution in [1.29, 1.82) is 0 Å². The predicted molar refractivity (Wildman–Crippen MR) is 77.4 cm³/mol. The lowest BCUT2D eigenvalue weighted by atomic mass is 9.82. The van der Waals surface area contributed by atoms with Crippen LogP contribution in [-0.2, 0) is 12.0 Å². The fraction of sp³-hybridized carbons (Fsp3) is 0.294. The molecule has 0 bridgehead atoms. The minimum Gasteiger partial charge on any atom is -0.321 e. The highest BCUT2D eigenvalue weighted by Crippen LogP contribution is 2.27. The van der Waals surface area contributed by atoms with Gasteiger partial charge in [-0.3, -0.25) is 0 Å². The number of nitrogens with two attached hydrogens (primary N) is 1. The van der Waals surface area contributed by atoms with Crippen LogP contribution in [0.3, 0.4) is 0 Å². The summed E-state index contributed by atoms with van der Waals surface area (Å²) in [6, 6.07) is 15.4. The third-order valence-electron chi connectivity index (χ3n) is 3.74. The van der Waals surface area contributed by atoms with Crippen LogP contribution < -0.4 is 5.73 Å². The molecule has 0 spiro atoms. The van der Waals surface area contributed by atoms with E-state index in [4.69, 9.17) is 5.73 Å². The standard InChI is InChI=1S/C17H20FN/c1-3-17(19,12-14-7-5-4-6-8-14)15-10-9-13(2)16(18)11-15/h4-11H,3,12,19H2,1-2H3. The van der Waals surface area contributed by atoms with Crippen LogP contribution >= 0.6 is 0 Å². The number of hydrogen-bond acceptors (Lipinski definition) is 1. The molecular weight excluding hydrogens is 237 g/mol. The lowest BCUT2D eigenvalue weighted by molar-refractivity contribution is 0.422. The van der Waals surface area contributed by atoms with Gasteiger partial charge in [0.05, 0.1) is 0 Å². The molecule has 1 atom stereocenters. The Hall–Kier alpha value is -1.67. The highest BCUT2D eigenvalue weighted by atomic mass is 19.1. The Balaban J connectivity index is 2.33. The Labute approximate surface area is 114 Å². The van der Waals surface area contributed by atoms with Crippen LogP contribution in [0.1, 0.15) is 30.0 Å². The van der Waals surface area contributed by atoms with Crippen LogP contribution in [0.2, 0.25) is 0 Å². The van der Waals surface area contributed by atoms with E-state index in [1.165, 1.54) is 5.56 Å². The largest absolute Gasteiger partial charge is 0.321 e. The molecule has 0 radical (unpaired) electrons. The van der Waals surface area contributed by atoms with Gasteiger partial charge in [0.25, 0.3) is 0 Å². The van der Waals surface area contributed by atoms with Gasteiger partial charge < -0.3 is 5.73 Å². The van der Waals surface area contributed by atoms with Gasteiger partial charge in [-0.25, -0.2) is 4.39 Å². The van der Waals surface area contributed by atoms with E-state index in [0.29, 0.717) is 12.0 Å². The van der Waals surface area contributed by atoms with Gasteiger partial charge in [0.2, 0.25) is 0 Å². The smallest absolute Gasteiger partial charge is 0.126 e. The van der Waals surface area contributed by atoms with Crippen LogP contribution in [0.5, 0.6) is 0 Å². The van der Waals surface area contributed by atoms with Gasteiger partial charge in [-0.1, -0.05) is 49.4 Å². The van der Waals surface area contributed by atoms with Crippen molar-refractivity contribution in [3.05, 3.63) is 71.0 Å². The first-order chi connectivity index (χ1) is 9.05. The third-order valence-corrected chi connectivity index (χ3v) is 3.74. The molecule has 2 N–H and O–H groups in total. The van der Waals surface area contributed by atoms with E-state index in [1.807, 2.05) is 31.2 Å². The lowest BCUT2D eigenvalue weighted by Crippen LogP contribution is -2.38. The lowest BCUT2D eigenvalue weighted by Gasteiger charge is -2.29. The second-order valence-corrected chi connectivity index (χ2v) is 5.14. The van der Waals surface area contributed by atoms with E-state index in [-0.39, 0.29) is 5.82 Å². The molecule has 2 rings (SSSR count). The Morgan fingerprint density at radius 1 is 1.11 bits per heavy atom. The Kier molecular flexibility index (Phi) is 4.01. The van der Waals surface area contributed by atoms with Crippen LogP contribution in [0.4, 0.5) is 4.39 Å². The molecule has 0 aliphatic heterocycles. The number of halogens is 1. The molecule has 0 fully saturated rings. The average molecular weight is 257 g/mol. The number of hydrogen-bond donors (Lipinski definition) is 1. The maximum Gasteiger partial charge on any atom is 0.126 e. The summed E-state index contributed by atoms with van der Waals surface area (Å²) in [6.07, 6.45) is 1.48. The molecule has 2 aromatic carbocycles. The van der Waals surface area contributed by atoms with Crippen LogP contribution in [-0.4, -0.2) is 0 Å². The second-order valence-electron chi connectivity index (χ2n) is 5.14. The van der Waals surface area contributed by atoms with Crippen LogP contribution in [0.15, 0.2) is 48.5 Å². The topological polar surface area (TPSA) is 26.0 Å². The zero-order valence-electron chi connectivity index (χ0n) is 11.5. The SMILES string of the molecule is CCC(N)(Cc1ccccc1)c1ccc(C)c(F)c1. The Bertz CT molecular complexity index is 550. The number of rotatable bonds is 4. The molecule has 100 valence electrons. The van der Waals surface area contributed by atoms with E-state index < -0.39 is 5.54 Å². The van der Waals surface area contributed by atoms with Gasteiger partial charge >= 0.3 is 0 Å². The third kappa shape index (κ3) is 3.02. The van der Waals surface area contributed by atoms with Crippen molar-refractivity contribution in [2.24, 2.45) is 5.73 Å². The highest BCUT2D eigenvalue weighted by molar-refractivity contribution is 5.31. The average Bonchev–Trinajstić information content (AvgIpc) is 2.43. The van der Waals surface area contributed by atoms with Gasteiger partial charge in [0.15, 0.2) is 0 Å². The van der Waals surface area contributed by atoms with Gasteiger partial charge in [-0.15, -0.1) is 0 Å². The highest BCUT2D eigenvalue weighted by Gasteiger charge is 2.26. The summed E-state index contributed by atoms with van der Waals surface area (Å²) in [5.74, 6) is -0.186. The molecule has 0 saturated heterocycles. The van der Waals surface area contributed by atoms with Crippen molar-refractivity contribution in [1.82, 2.24) is 0 Å². The van der Waals surface area contributed by atoms with Crippen LogP contribution in [0.25, 0.3) is 0 Å². The molecule has 0 aliphatic rings. The summed E-state index contributed by atoms with van der Waals surface area (Å²) in [5, 5.41) is 0. The zero-order valence-corrected chi connectivity index (χ0v) is 11.5. The van der Waals surface area contributed by atoms with Crippen molar-refractivity contribution in [3.8, 4) is 0 Å². The number of aryl methyl sites for hydroxylation is 1. The van der Waals surface area contributed by atoms with Gasteiger partial charge in [0, 0.05) is 5.54 Å². The van der Waals surface area contributed by atoms with Gasteiger partial charge in [-0.05, 0) is 42.5 Å². The summed E-state index contributed by atoms with van der Waals surface area (Å²) in [7, 11) is 0. The number of benzene rings is 2. The second kappa shape index (κ2) is 5.54. The molecule has 19 heavy (non-hydrogen) atoms. The van der Waals surface area contributed by atoms with Crippen molar-refractivity contribution in [2.45, 2.75) is 32.2 Å². The van der Waals surface area contributed by atoms with Gasteiger partial charge in [0.1, 0.15) is 5.82 Å². The predicted octanol–water partition coefficient (Wildman–Crippen LogP) is 3.94. The molecule has 1 nitrogen and oxygen atoms in total. The van der Waals surface area contributed by atoms with E-state index in [9.17, 15) is 4.39 Å². The minimum atomic E-state index is -0.518. The molecule has 1 unspecified atom stereocenters. The monoisotopic (exact) mass is 257 g/mol. The normalized spacial score (nSPS) is 14.1. The van der Waals surface area contributed by atoms with Crippen LogP contribution in [0, 0.1) is 12.7 Å². The maximum atomic E-state index is 13.7. The van der Waals surface area contributed by atoms with E-state index in [2.05, 4.69) is 12.1 Å². The van der Waals surface area contributed by atoms with Crippen molar-refractivity contribution in [3.63, 3.8) is 0 Å². The van der Waals surface area contributed by atoms with Crippen molar-refractivity contribution < 1.29 is 4.39 Å². The minimum absolute atomic E-state index is 0.186. The molecule has 0 saturated carbocycles. The first-order valence-electron chi connectivity index (χ1n) is 6.64. The van der Waals surface area contributed by atoms with E-state index in [0.717, 1.165) is 12.0 Å². The zero-order chi connectivity index (χ0) is 13.9. The molecule has 0 heterocycles. The molecule has 0 aromatic heterocycles. The fourth-order valence-corrected chi connectivity index (χ4v) is 2.29.